The fourth-order valence-corrected chi connectivity index (χ4v) is 3.14. The van der Waals surface area contributed by atoms with Gasteiger partial charge < -0.3 is 19.3 Å². The number of fused-ring (bicyclic) bond motifs is 4. The number of phenols is 1. The molecular weight excluding hydrogens is 292 g/mol. The molecule has 2 aromatic carbocycles. The van der Waals surface area contributed by atoms with E-state index in [1.165, 1.54) is 0 Å². The van der Waals surface area contributed by atoms with Gasteiger partial charge in [-0.15, -0.1) is 0 Å². The van der Waals surface area contributed by atoms with Crippen molar-refractivity contribution in [3.63, 3.8) is 0 Å². The predicted octanol–water partition coefficient (Wildman–Crippen LogP) is 3.86. The second-order valence-corrected chi connectivity index (χ2v) is 6.18. The fourth-order valence-electron chi connectivity index (χ4n) is 3.14. The van der Waals surface area contributed by atoms with Crippen LogP contribution in [0.1, 0.15) is 25.3 Å². The average molecular weight is 312 g/mol. The molecule has 0 saturated carbocycles. The van der Waals surface area contributed by atoms with Crippen LogP contribution in [-0.2, 0) is 10.3 Å². The summed E-state index contributed by atoms with van der Waals surface area (Å²) in [4.78, 5) is 0. The van der Waals surface area contributed by atoms with Crippen molar-refractivity contribution in [2.45, 2.75) is 25.4 Å². The van der Waals surface area contributed by atoms with E-state index in [1.54, 1.807) is 12.1 Å². The van der Waals surface area contributed by atoms with Gasteiger partial charge in [-0.2, -0.15) is 0 Å². The Morgan fingerprint density at radius 2 is 1.96 bits per heavy atom. The second kappa shape index (κ2) is 5.46. The highest BCUT2D eigenvalue weighted by atomic mass is 16.6. The fraction of sp³-hybridized carbons (Fsp3) is 0.368. The molecule has 0 unspecified atom stereocenters. The van der Waals surface area contributed by atoms with Crippen LogP contribution in [0, 0.1) is 0 Å². The molecule has 2 aliphatic heterocycles. The molecule has 4 heteroatoms. The number of hydrogen-bond acceptors (Lipinski definition) is 4. The summed E-state index contributed by atoms with van der Waals surface area (Å²) in [5, 5.41) is 9.73. The Morgan fingerprint density at radius 1 is 1.13 bits per heavy atom. The summed E-state index contributed by atoms with van der Waals surface area (Å²) in [6, 6.07) is 11.4. The molecule has 4 rings (SSSR count). The van der Waals surface area contributed by atoms with Crippen LogP contribution in [-0.4, -0.2) is 24.9 Å². The summed E-state index contributed by atoms with van der Waals surface area (Å²) in [6.07, 6.45) is 2.16. The minimum atomic E-state index is -0.458. The van der Waals surface area contributed by atoms with Crippen LogP contribution in [0.3, 0.4) is 0 Å². The predicted molar refractivity (Wildman–Crippen MR) is 87.1 cm³/mol. The Labute approximate surface area is 135 Å². The zero-order valence-electron chi connectivity index (χ0n) is 13.2. The van der Waals surface area contributed by atoms with Gasteiger partial charge >= 0.3 is 0 Å². The molecule has 2 aromatic rings. The van der Waals surface area contributed by atoms with Crippen molar-refractivity contribution in [1.29, 1.82) is 0 Å². The van der Waals surface area contributed by atoms with E-state index in [1.807, 2.05) is 12.1 Å². The molecule has 1 saturated heterocycles. The third-order valence-corrected chi connectivity index (χ3v) is 4.48. The molecule has 0 aromatic heterocycles. The normalized spacial score (nSPS) is 16.9. The van der Waals surface area contributed by atoms with E-state index in [0.717, 1.165) is 41.9 Å². The van der Waals surface area contributed by atoms with E-state index >= 15 is 0 Å². The van der Waals surface area contributed by atoms with Crippen LogP contribution < -0.4 is 9.47 Å². The number of aromatic hydroxyl groups is 1. The third kappa shape index (κ3) is 2.34. The second-order valence-electron chi connectivity index (χ2n) is 6.18. The van der Waals surface area contributed by atoms with Crippen molar-refractivity contribution in [3.8, 4) is 28.4 Å². The van der Waals surface area contributed by atoms with E-state index in [4.69, 9.17) is 14.2 Å². The summed E-state index contributed by atoms with van der Waals surface area (Å²) in [7, 11) is 0. The van der Waals surface area contributed by atoms with Gasteiger partial charge in [0.25, 0.3) is 0 Å². The lowest BCUT2D eigenvalue weighted by Gasteiger charge is -2.45. The molecule has 2 heterocycles. The van der Waals surface area contributed by atoms with Crippen molar-refractivity contribution in [1.82, 2.24) is 0 Å². The lowest BCUT2D eigenvalue weighted by Crippen LogP contribution is -2.53. The first-order chi connectivity index (χ1) is 11.2. The maximum atomic E-state index is 9.73. The van der Waals surface area contributed by atoms with Gasteiger partial charge in [0.1, 0.15) is 17.2 Å². The highest BCUT2D eigenvalue weighted by molar-refractivity contribution is 5.78. The quantitative estimate of drug-likeness (QED) is 0.871. The van der Waals surface area contributed by atoms with Crippen molar-refractivity contribution in [3.05, 3.63) is 42.0 Å². The SMILES string of the molecule is CCCCOc1ccc2c(c1)C1(COC1)Oc1cc(O)ccc1-2. The monoisotopic (exact) mass is 312 g/mol. The van der Waals surface area contributed by atoms with Gasteiger partial charge in [-0.1, -0.05) is 19.4 Å². The van der Waals surface area contributed by atoms with Gasteiger partial charge in [-0.25, -0.2) is 0 Å². The standard InChI is InChI=1S/C19H20O4/c1-2-3-8-22-14-5-7-15-16-6-4-13(20)9-18(16)23-19(11-21-12-19)17(15)10-14/h4-7,9-10,20H,2-3,8,11-12H2,1H3. The molecule has 4 nitrogen and oxygen atoms in total. The Balaban J connectivity index is 1.76. The van der Waals surface area contributed by atoms with Crippen molar-refractivity contribution in [2.75, 3.05) is 19.8 Å². The largest absolute Gasteiger partial charge is 0.508 e. The van der Waals surface area contributed by atoms with E-state index in [2.05, 4.69) is 19.1 Å². The summed E-state index contributed by atoms with van der Waals surface area (Å²) >= 11 is 0. The first-order valence-corrected chi connectivity index (χ1v) is 8.09. The van der Waals surface area contributed by atoms with Crippen molar-refractivity contribution >= 4 is 0 Å². The van der Waals surface area contributed by atoms with Crippen LogP contribution in [0.15, 0.2) is 36.4 Å². The minimum Gasteiger partial charge on any atom is -0.508 e. The van der Waals surface area contributed by atoms with E-state index in [0.29, 0.717) is 19.0 Å². The van der Waals surface area contributed by atoms with Crippen LogP contribution in [0.25, 0.3) is 11.1 Å². The highest BCUT2D eigenvalue weighted by Gasteiger charge is 2.47. The first kappa shape index (κ1) is 14.4. The zero-order chi connectivity index (χ0) is 15.9. The van der Waals surface area contributed by atoms with Gasteiger partial charge in [0, 0.05) is 17.2 Å². The molecular formula is C19H20O4. The van der Waals surface area contributed by atoms with Crippen molar-refractivity contribution in [2.24, 2.45) is 0 Å². The zero-order valence-corrected chi connectivity index (χ0v) is 13.2. The van der Waals surface area contributed by atoms with Gasteiger partial charge in [0.05, 0.1) is 19.8 Å². The molecule has 1 N–H and O–H groups in total. The lowest BCUT2D eigenvalue weighted by molar-refractivity contribution is -0.169. The Kier molecular flexibility index (Phi) is 3.42. The van der Waals surface area contributed by atoms with Gasteiger partial charge in [0.2, 0.25) is 0 Å². The molecule has 2 aliphatic rings. The number of benzene rings is 2. The molecule has 0 atom stereocenters. The summed E-state index contributed by atoms with van der Waals surface area (Å²) in [6.45, 7) is 3.92. The molecule has 0 amide bonds. The van der Waals surface area contributed by atoms with Gasteiger partial charge in [-0.05, 0) is 36.2 Å². The van der Waals surface area contributed by atoms with E-state index < -0.39 is 5.60 Å². The summed E-state index contributed by atoms with van der Waals surface area (Å²) in [5.41, 5.74) is 2.77. The Hall–Kier alpha value is -2.20. The molecule has 1 spiro atoms. The topological polar surface area (TPSA) is 47.9 Å². The van der Waals surface area contributed by atoms with Crippen LogP contribution in [0.4, 0.5) is 0 Å². The Morgan fingerprint density at radius 3 is 2.70 bits per heavy atom. The summed E-state index contributed by atoms with van der Waals surface area (Å²) < 4.78 is 17.5. The third-order valence-electron chi connectivity index (χ3n) is 4.48. The van der Waals surface area contributed by atoms with Gasteiger partial charge in [0.15, 0.2) is 5.60 Å². The number of unbranched alkanes of at least 4 members (excludes halogenated alkanes) is 1. The molecule has 0 aliphatic carbocycles. The number of phenolic OH excluding ortho intramolecular Hbond substituents is 1. The van der Waals surface area contributed by atoms with Crippen LogP contribution in [0.5, 0.6) is 17.2 Å². The van der Waals surface area contributed by atoms with Crippen molar-refractivity contribution < 1.29 is 19.3 Å². The van der Waals surface area contributed by atoms with Crippen LogP contribution in [0.2, 0.25) is 0 Å². The van der Waals surface area contributed by atoms with E-state index in [-0.39, 0.29) is 5.75 Å². The Bertz CT molecular complexity index is 734. The first-order valence-electron chi connectivity index (χ1n) is 8.09. The maximum absolute atomic E-state index is 9.73. The summed E-state index contributed by atoms with van der Waals surface area (Å²) in [5.74, 6) is 1.79. The number of rotatable bonds is 4. The molecule has 0 radical (unpaired) electrons. The number of ether oxygens (including phenoxy) is 3. The number of hydrogen-bond donors (Lipinski definition) is 1. The van der Waals surface area contributed by atoms with E-state index in [9.17, 15) is 5.11 Å². The molecule has 0 bridgehead atoms. The molecule has 23 heavy (non-hydrogen) atoms. The van der Waals surface area contributed by atoms with Gasteiger partial charge in [-0.3, -0.25) is 0 Å². The maximum Gasteiger partial charge on any atom is 0.181 e. The lowest BCUT2D eigenvalue weighted by atomic mass is 9.82. The van der Waals surface area contributed by atoms with Crippen LogP contribution >= 0.6 is 0 Å². The highest BCUT2D eigenvalue weighted by Crippen LogP contribution is 2.50. The molecule has 1 fully saturated rings. The minimum absolute atomic E-state index is 0.210. The smallest absolute Gasteiger partial charge is 0.181 e. The molecule has 120 valence electrons. The average Bonchev–Trinajstić information content (AvgIpc) is 2.52.